The van der Waals surface area contributed by atoms with Crippen molar-refractivity contribution in [3.8, 4) is 11.5 Å². The Bertz CT molecular complexity index is 1350. The number of carbonyl (C=O) groups excluding carboxylic acids is 1. The van der Waals surface area contributed by atoms with E-state index in [2.05, 4.69) is 50.2 Å². The first-order valence-electron chi connectivity index (χ1n) is 9.98. The number of cyclic esters (lactones) is 1. The minimum Gasteiger partial charge on any atom is -0.493 e. The molecular formula is C25H17Cl2I2NO4. The quantitative estimate of drug-likeness (QED) is 0.151. The van der Waals surface area contributed by atoms with Gasteiger partial charge in [-0.05, 0) is 117 Å². The van der Waals surface area contributed by atoms with Gasteiger partial charge in [0.1, 0.15) is 6.61 Å². The Balaban J connectivity index is 1.59. The Morgan fingerprint density at radius 1 is 1.03 bits per heavy atom. The number of halogens is 4. The van der Waals surface area contributed by atoms with Crippen LogP contribution in [0.5, 0.6) is 11.5 Å². The second kappa shape index (κ2) is 10.8. The highest BCUT2D eigenvalue weighted by molar-refractivity contribution is 14.1. The van der Waals surface area contributed by atoms with Gasteiger partial charge in [0.2, 0.25) is 5.90 Å². The summed E-state index contributed by atoms with van der Waals surface area (Å²) in [5.74, 6) is 0.908. The van der Waals surface area contributed by atoms with Crippen LogP contribution in [0.15, 0.2) is 59.2 Å². The van der Waals surface area contributed by atoms with E-state index < -0.39 is 5.97 Å². The summed E-state index contributed by atoms with van der Waals surface area (Å²) in [6.07, 6.45) is 1.67. The smallest absolute Gasteiger partial charge is 0.363 e. The molecule has 3 aromatic carbocycles. The number of nitrogens with zero attached hydrogens (tertiary/aromatic N) is 1. The first-order valence-corrected chi connectivity index (χ1v) is 12.9. The number of hydrogen-bond acceptors (Lipinski definition) is 5. The average molecular weight is 720 g/mol. The topological polar surface area (TPSA) is 57.1 Å². The summed E-state index contributed by atoms with van der Waals surface area (Å²) < 4.78 is 18.9. The summed E-state index contributed by atoms with van der Waals surface area (Å²) in [5, 5.41) is 0.957. The van der Waals surface area contributed by atoms with Gasteiger partial charge in [0, 0.05) is 9.13 Å². The Labute approximate surface area is 234 Å². The molecule has 1 aliphatic rings. The van der Waals surface area contributed by atoms with E-state index in [1.54, 1.807) is 31.4 Å². The molecule has 0 amide bonds. The zero-order chi connectivity index (χ0) is 24.4. The lowest BCUT2D eigenvalue weighted by Crippen LogP contribution is -2.05. The van der Waals surface area contributed by atoms with Crippen LogP contribution >= 0.6 is 68.4 Å². The van der Waals surface area contributed by atoms with E-state index in [0.29, 0.717) is 34.0 Å². The highest BCUT2D eigenvalue weighted by Crippen LogP contribution is 2.36. The third kappa shape index (κ3) is 5.69. The Morgan fingerprint density at radius 2 is 1.82 bits per heavy atom. The van der Waals surface area contributed by atoms with Crippen molar-refractivity contribution < 1.29 is 19.0 Å². The number of hydrogen-bond donors (Lipinski definition) is 0. The van der Waals surface area contributed by atoms with Crippen LogP contribution in [0.4, 0.5) is 0 Å². The van der Waals surface area contributed by atoms with E-state index in [1.807, 2.05) is 37.3 Å². The zero-order valence-electron chi connectivity index (χ0n) is 18.0. The minimum atomic E-state index is -0.500. The van der Waals surface area contributed by atoms with E-state index in [1.165, 1.54) is 0 Å². The Kier molecular flexibility index (Phi) is 8.06. The number of esters is 1. The van der Waals surface area contributed by atoms with Gasteiger partial charge in [-0.15, -0.1) is 0 Å². The lowest BCUT2D eigenvalue weighted by molar-refractivity contribution is -0.129. The molecule has 9 heteroatoms. The number of methoxy groups -OCH3 is 1. The summed E-state index contributed by atoms with van der Waals surface area (Å²) in [6, 6.07) is 14.8. The number of benzene rings is 3. The highest BCUT2D eigenvalue weighted by Gasteiger charge is 2.25. The highest BCUT2D eigenvalue weighted by atomic mass is 127. The van der Waals surface area contributed by atoms with E-state index in [9.17, 15) is 4.79 Å². The fraction of sp³-hybridized carbons (Fsp3) is 0.120. The number of aliphatic imine (C=N–C) groups is 1. The van der Waals surface area contributed by atoms with Crippen LogP contribution in [0.2, 0.25) is 10.0 Å². The van der Waals surface area contributed by atoms with Crippen molar-refractivity contribution in [2.45, 2.75) is 13.5 Å². The van der Waals surface area contributed by atoms with Crippen LogP contribution in [-0.2, 0) is 16.1 Å². The molecule has 0 saturated carbocycles. The molecule has 0 N–H and O–H groups in total. The molecule has 0 unspecified atom stereocenters. The van der Waals surface area contributed by atoms with Gasteiger partial charge in [0.05, 0.1) is 20.7 Å². The fourth-order valence-corrected chi connectivity index (χ4v) is 4.65. The third-order valence-corrected chi connectivity index (χ3v) is 7.70. The molecule has 3 aromatic rings. The van der Waals surface area contributed by atoms with Gasteiger partial charge in [-0.3, -0.25) is 0 Å². The van der Waals surface area contributed by atoms with Crippen molar-refractivity contribution in [1.29, 1.82) is 0 Å². The van der Waals surface area contributed by atoms with Gasteiger partial charge >= 0.3 is 5.97 Å². The lowest BCUT2D eigenvalue weighted by atomic mass is 10.1. The fourth-order valence-electron chi connectivity index (χ4n) is 3.22. The van der Waals surface area contributed by atoms with Crippen LogP contribution < -0.4 is 9.47 Å². The van der Waals surface area contributed by atoms with Crippen LogP contribution in [0.25, 0.3) is 6.08 Å². The second-order valence-corrected chi connectivity index (χ2v) is 10.5. The molecule has 1 aliphatic heterocycles. The van der Waals surface area contributed by atoms with Crippen molar-refractivity contribution in [1.82, 2.24) is 0 Å². The molecule has 174 valence electrons. The van der Waals surface area contributed by atoms with Crippen LogP contribution in [-0.4, -0.2) is 19.0 Å². The monoisotopic (exact) mass is 719 g/mol. The minimum absolute atomic E-state index is 0.216. The summed E-state index contributed by atoms with van der Waals surface area (Å²) in [6.45, 7) is 2.29. The summed E-state index contributed by atoms with van der Waals surface area (Å²) in [5.41, 5.74) is 3.67. The molecule has 4 rings (SSSR count). The van der Waals surface area contributed by atoms with E-state index >= 15 is 0 Å². The standard InChI is InChI=1S/C25H17Cl2I2NO4/c1-13-7-16(4-6-19(13)28)24-30-21(25(31)34-24)10-15-9-20(29)23(22(11-15)32-2)33-12-14-3-5-17(26)18(27)8-14/h3-11H,12H2,1-2H3/b21-10-. The number of aryl methyl sites for hydroxylation is 1. The molecule has 0 saturated heterocycles. The molecule has 0 fully saturated rings. The van der Waals surface area contributed by atoms with Crippen molar-refractivity contribution in [3.05, 3.63) is 93.7 Å². The van der Waals surface area contributed by atoms with Gasteiger partial charge in [-0.25, -0.2) is 9.79 Å². The maximum atomic E-state index is 12.4. The predicted octanol–water partition coefficient (Wildman–Crippen LogP) is 7.44. The number of ether oxygens (including phenoxy) is 3. The number of carbonyl (C=O) groups is 1. The first kappa shape index (κ1) is 25.3. The van der Waals surface area contributed by atoms with Gasteiger partial charge < -0.3 is 14.2 Å². The average Bonchev–Trinajstić information content (AvgIpc) is 3.17. The van der Waals surface area contributed by atoms with Crippen LogP contribution in [0.1, 0.15) is 22.3 Å². The SMILES string of the molecule is COc1cc(/C=C2\N=C(c3ccc(I)c(C)c3)OC2=O)cc(I)c1OCc1ccc(Cl)c(Cl)c1. The molecule has 5 nitrogen and oxygen atoms in total. The molecule has 0 bridgehead atoms. The van der Waals surface area contributed by atoms with E-state index in [0.717, 1.165) is 29.4 Å². The molecule has 34 heavy (non-hydrogen) atoms. The van der Waals surface area contributed by atoms with Crippen molar-refractivity contribution in [2.24, 2.45) is 4.99 Å². The van der Waals surface area contributed by atoms with Gasteiger partial charge in [-0.1, -0.05) is 29.3 Å². The summed E-state index contributed by atoms with van der Waals surface area (Å²) >= 11 is 16.5. The zero-order valence-corrected chi connectivity index (χ0v) is 23.8. The lowest BCUT2D eigenvalue weighted by Gasteiger charge is -2.14. The molecule has 0 aromatic heterocycles. The largest absolute Gasteiger partial charge is 0.493 e. The maximum Gasteiger partial charge on any atom is 0.363 e. The molecule has 1 heterocycles. The van der Waals surface area contributed by atoms with Gasteiger partial charge in [0.25, 0.3) is 0 Å². The molecule has 0 radical (unpaired) electrons. The predicted molar refractivity (Wildman–Crippen MR) is 151 cm³/mol. The first-order chi connectivity index (χ1) is 16.2. The van der Waals surface area contributed by atoms with Crippen molar-refractivity contribution in [2.75, 3.05) is 7.11 Å². The molecule has 0 spiro atoms. The molecule has 0 aliphatic carbocycles. The Hall–Kier alpha value is -1.82. The third-order valence-electron chi connectivity index (χ3n) is 4.95. The summed E-state index contributed by atoms with van der Waals surface area (Å²) in [4.78, 5) is 16.9. The summed E-state index contributed by atoms with van der Waals surface area (Å²) in [7, 11) is 1.56. The van der Waals surface area contributed by atoms with E-state index in [-0.39, 0.29) is 5.70 Å². The van der Waals surface area contributed by atoms with Gasteiger partial charge in [0.15, 0.2) is 17.2 Å². The Morgan fingerprint density at radius 3 is 2.53 bits per heavy atom. The van der Waals surface area contributed by atoms with Gasteiger partial charge in [-0.2, -0.15) is 0 Å². The van der Waals surface area contributed by atoms with E-state index in [4.69, 9.17) is 37.4 Å². The normalized spacial score (nSPS) is 14.2. The number of rotatable bonds is 6. The van der Waals surface area contributed by atoms with Crippen molar-refractivity contribution in [3.63, 3.8) is 0 Å². The molecule has 0 atom stereocenters. The molecular weight excluding hydrogens is 703 g/mol. The van der Waals surface area contributed by atoms with Crippen LogP contribution in [0.3, 0.4) is 0 Å². The van der Waals surface area contributed by atoms with Crippen molar-refractivity contribution >= 4 is 86.3 Å². The van der Waals surface area contributed by atoms with Crippen LogP contribution in [0, 0.1) is 14.1 Å². The maximum absolute atomic E-state index is 12.4. The second-order valence-electron chi connectivity index (χ2n) is 7.37.